The molecule has 1 atom stereocenters. The second-order valence-corrected chi connectivity index (χ2v) is 8.65. The molecule has 5 heteroatoms. The Kier molecular flexibility index (Phi) is 5.60. The van der Waals surface area contributed by atoms with Gasteiger partial charge in [-0.15, -0.1) is 23.1 Å². The topological polar surface area (TPSA) is 29.0 Å². The molecule has 1 unspecified atom stereocenters. The molecule has 3 nitrogen and oxygen atoms in total. The van der Waals surface area contributed by atoms with E-state index < -0.39 is 0 Å². The van der Waals surface area contributed by atoms with Crippen molar-refractivity contribution in [3.63, 3.8) is 0 Å². The van der Waals surface area contributed by atoms with Gasteiger partial charge in [0.15, 0.2) is 0 Å². The number of thiophene rings is 1. The van der Waals surface area contributed by atoms with Crippen molar-refractivity contribution in [2.75, 3.05) is 25.4 Å². The number of aromatic nitrogens is 2. The molecule has 0 bridgehead atoms. The lowest BCUT2D eigenvalue weighted by atomic mass is 9.89. The fourth-order valence-corrected chi connectivity index (χ4v) is 5.92. The summed E-state index contributed by atoms with van der Waals surface area (Å²) >= 11 is 3.82. The smallest absolute Gasteiger partial charge is 0.128 e. The summed E-state index contributed by atoms with van der Waals surface area (Å²) < 4.78 is 0. The Balaban J connectivity index is 1.87. The molecule has 0 spiro atoms. The molecule has 0 fully saturated rings. The third kappa shape index (κ3) is 3.72. The van der Waals surface area contributed by atoms with E-state index in [4.69, 9.17) is 9.97 Å². The van der Waals surface area contributed by atoms with E-state index in [9.17, 15) is 0 Å². The van der Waals surface area contributed by atoms with Gasteiger partial charge in [-0.05, 0) is 50.8 Å². The molecule has 23 heavy (non-hydrogen) atoms. The molecule has 0 aromatic carbocycles. The fraction of sp³-hybridized carbons (Fsp3) is 0.667. The first-order chi connectivity index (χ1) is 11.1. The molecular formula is C18H27N3S2. The second kappa shape index (κ2) is 7.49. The van der Waals surface area contributed by atoms with E-state index in [1.807, 2.05) is 30.0 Å². The maximum Gasteiger partial charge on any atom is 0.128 e. The normalized spacial score (nSPS) is 17.9. The van der Waals surface area contributed by atoms with Gasteiger partial charge in [0.1, 0.15) is 15.7 Å². The van der Waals surface area contributed by atoms with Gasteiger partial charge in [0.25, 0.3) is 0 Å². The summed E-state index contributed by atoms with van der Waals surface area (Å²) in [6.45, 7) is 12.2. The van der Waals surface area contributed by atoms with Crippen LogP contribution in [0.5, 0.6) is 0 Å². The highest BCUT2D eigenvalue weighted by Crippen LogP contribution is 2.40. The summed E-state index contributed by atoms with van der Waals surface area (Å²) in [5.74, 6) is 2.83. The highest BCUT2D eigenvalue weighted by molar-refractivity contribution is 7.99. The largest absolute Gasteiger partial charge is 0.303 e. The van der Waals surface area contributed by atoms with Crippen LogP contribution in [0.15, 0.2) is 5.03 Å². The monoisotopic (exact) mass is 349 g/mol. The highest BCUT2D eigenvalue weighted by atomic mass is 32.2. The minimum Gasteiger partial charge on any atom is -0.303 e. The first-order valence-electron chi connectivity index (χ1n) is 8.76. The molecule has 0 saturated heterocycles. The van der Waals surface area contributed by atoms with Crippen molar-refractivity contribution in [1.82, 2.24) is 14.9 Å². The van der Waals surface area contributed by atoms with Crippen LogP contribution in [0.2, 0.25) is 0 Å². The van der Waals surface area contributed by atoms with Crippen LogP contribution in [0.1, 0.15) is 43.5 Å². The van der Waals surface area contributed by atoms with Gasteiger partial charge >= 0.3 is 0 Å². The number of hydrogen-bond donors (Lipinski definition) is 0. The third-order valence-corrected chi connectivity index (χ3v) is 6.88. The molecule has 0 N–H and O–H groups in total. The zero-order chi connectivity index (χ0) is 16.4. The zero-order valence-corrected chi connectivity index (χ0v) is 16.3. The maximum absolute atomic E-state index is 4.79. The first-order valence-corrected chi connectivity index (χ1v) is 10.6. The Hall–Kier alpha value is -0.650. The first kappa shape index (κ1) is 17.2. The number of thioether (sulfide) groups is 1. The van der Waals surface area contributed by atoms with Crippen molar-refractivity contribution in [2.24, 2.45) is 5.92 Å². The average Bonchev–Trinajstić information content (AvgIpc) is 2.88. The third-order valence-electron chi connectivity index (χ3n) is 4.77. The summed E-state index contributed by atoms with van der Waals surface area (Å²) in [4.78, 5) is 14.8. The second-order valence-electron chi connectivity index (χ2n) is 6.48. The Labute approximate surface area is 147 Å². The van der Waals surface area contributed by atoms with Crippen LogP contribution in [0.4, 0.5) is 0 Å². The molecule has 3 rings (SSSR count). The molecule has 0 radical (unpaired) electrons. The predicted octanol–water partition coefficient (Wildman–Crippen LogP) is 4.56. The average molecular weight is 350 g/mol. The minimum atomic E-state index is 0.809. The molecule has 1 aliphatic carbocycles. The van der Waals surface area contributed by atoms with E-state index in [1.165, 1.54) is 34.5 Å². The van der Waals surface area contributed by atoms with Crippen LogP contribution in [-0.2, 0) is 12.8 Å². The number of fused-ring (bicyclic) bond motifs is 3. The summed E-state index contributed by atoms with van der Waals surface area (Å²) in [6.07, 6.45) is 3.72. The van der Waals surface area contributed by atoms with Gasteiger partial charge < -0.3 is 4.90 Å². The molecule has 0 saturated carbocycles. The van der Waals surface area contributed by atoms with E-state index >= 15 is 0 Å². The molecular weight excluding hydrogens is 322 g/mol. The van der Waals surface area contributed by atoms with Crippen LogP contribution >= 0.6 is 23.1 Å². The quantitative estimate of drug-likeness (QED) is 0.565. The van der Waals surface area contributed by atoms with Crippen LogP contribution in [0, 0.1) is 12.8 Å². The van der Waals surface area contributed by atoms with E-state index in [-0.39, 0.29) is 0 Å². The Morgan fingerprint density at radius 1 is 1.26 bits per heavy atom. The van der Waals surface area contributed by atoms with Gasteiger partial charge in [0, 0.05) is 22.6 Å². The van der Waals surface area contributed by atoms with Crippen LogP contribution < -0.4 is 0 Å². The zero-order valence-electron chi connectivity index (χ0n) is 14.7. The maximum atomic E-state index is 4.79. The molecule has 0 aliphatic heterocycles. The Bertz CT molecular complexity index is 676. The summed E-state index contributed by atoms with van der Waals surface area (Å²) in [5.41, 5.74) is 1.55. The summed E-state index contributed by atoms with van der Waals surface area (Å²) in [7, 11) is 0. The van der Waals surface area contributed by atoms with Crippen molar-refractivity contribution in [3.8, 4) is 0 Å². The van der Waals surface area contributed by atoms with Crippen molar-refractivity contribution >= 4 is 33.3 Å². The number of nitrogens with zero attached hydrogens (tertiary/aromatic N) is 3. The summed E-state index contributed by atoms with van der Waals surface area (Å²) in [6, 6.07) is 0. The van der Waals surface area contributed by atoms with Crippen molar-refractivity contribution in [3.05, 3.63) is 16.3 Å². The number of aryl methyl sites for hydroxylation is 2. The molecule has 126 valence electrons. The van der Waals surface area contributed by atoms with Crippen LogP contribution in [0.3, 0.4) is 0 Å². The van der Waals surface area contributed by atoms with Crippen LogP contribution in [0.25, 0.3) is 10.2 Å². The lowest BCUT2D eigenvalue weighted by molar-refractivity contribution is 0.324. The minimum absolute atomic E-state index is 0.809. The van der Waals surface area contributed by atoms with Crippen molar-refractivity contribution in [1.29, 1.82) is 0 Å². The summed E-state index contributed by atoms with van der Waals surface area (Å²) in [5, 5.41) is 2.58. The lowest BCUT2D eigenvalue weighted by Gasteiger charge is -2.19. The van der Waals surface area contributed by atoms with Crippen LogP contribution in [-0.4, -0.2) is 40.3 Å². The SMILES string of the molecule is CCN(CC)CCSc1nc(C)nc2sc3c(c12)CCC(C)C3. The number of hydrogen-bond acceptors (Lipinski definition) is 5. The predicted molar refractivity (Wildman–Crippen MR) is 102 cm³/mol. The van der Waals surface area contributed by atoms with Gasteiger partial charge in [-0.25, -0.2) is 9.97 Å². The van der Waals surface area contributed by atoms with Crippen molar-refractivity contribution < 1.29 is 0 Å². The van der Waals surface area contributed by atoms with Gasteiger partial charge in [-0.2, -0.15) is 0 Å². The van der Waals surface area contributed by atoms with E-state index in [0.29, 0.717) is 0 Å². The molecule has 0 amide bonds. The molecule has 2 aromatic rings. The standard InChI is InChI=1S/C18H27N3S2/c1-5-21(6-2)9-10-22-17-16-14-8-7-12(3)11-15(14)23-18(16)20-13(4)19-17/h12H,5-11H2,1-4H3. The fourth-order valence-electron chi connectivity index (χ4n) is 3.33. The molecule has 2 heterocycles. The van der Waals surface area contributed by atoms with E-state index in [2.05, 4.69) is 25.7 Å². The van der Waals surface area contributed by atoms with Gasteiger partial charge in [-0.3, -0.25) is 0 Å². The molecule has 1 aliphatic rings. The van der Waals surface area contributed by atoms with E-state index in [1.54, 1.807) is 10.4 Å². The number of rotatable bonds is 6. The van der Waals surface area contributed by atoms with E-state index in [0.717, 1.165) is 37.1 Å². The Morgan fingerprint density at radius 3 is 2.78 bits per heavy atom. The van der Waals surface area contributed by atoms with Gasteiger partial charge in [0.05, 0.1) is 0 Å². The highest BCUT2D eigenvalue weighted by Gasteiger charge is 2.23. The lowest BCUT2D eigenvalue weighted by Crippen LogP contribution is -2.25. The van der Waals surface area contributed by atoms with Gasteiger partial charge in [-0.1, -0.05) is 20.8 Å². The molecule has 2 aromatic heterocycles. The Morgan fingerprint density at radius 2 is 2.04 bits per heavy atom. The van der Waals surface area contributed by atoms with Gasteiger partial charge in [0.2, 0.25) is 0 Å². The van der Waals surface area contributed by atoms with Crippen molar-refractivity contribution in [2.45, 2.75) is 52.0 Å².